The zero-order valence-electron chi connectivity index (χ0n) is 10.7. The summed E-state index contributed by atoms with van der Waals surface area (Å²) < 4.78 is 4.94. The van der Waals surface area contributed by atoms with Crippen LogP contribution in [0.3, 0.4) is 0 Å². The van der Waals surface area contributed by atoms with Gasteiger partial charge in [0.05, 0.1) is 11.5 Å². The van der Waals surface area contributed by atoms with Gasteiger partial charge in [-0.3, -0.25) is 14.9 Å². The zero-order chi connectivity index (χ0) is 13.8. The number of benzene rings is 1. The molecular formula is C13H16N2O4. The number of nitro benzene ring substituents is 1. The minimum absolute atomic E-state index is 0.0343. The normalized spacial score (nSPS) is 13.9. The van der Waals surface area contributed by atoms with Crippen LogP contribution in [0.5, 0.6) is 0 Å². The van der Waals surface area contributed by atoms with E-state index in [1.54, 1.807) is 19.1 Å². The van der Waals surface area contributed by atoms with Gasteiger partial charge in [-0.25, -0.2) is 0 Å². The van der Waals surface area contributed by atoms with E-state index in [1.807, 2.05) is 4.90 Å². The van der Waals surface area contributed by atoms with Crippen LogP contribution in [0, 0.1) is 10.1 Å². The average molecular weight is 264 g/mol. The smallest absolute Gasteiger partial charge is 0.325 e. The van der Waals surface area contributed by atoms with Crippen molar-refractivity contribution in [2.45, 2.75) is 25.8 Å². The summed E-state index contributed by atoms with van der Waals surface area (Å²) in [6.45, 7) is 2.23. The topological polar surface area (TPSA) is 72.7 Å². The van der Waals surface area contributed by atoms with Crippen LogP contribution in [-0.2, 0) is 9.53 Å². The maximum Gasteiger partial charge on any atom is 0.325 e. The fourth-order valence-corrected chi connectivity index (χ4v) is 1.95. The molecule has 0 amide bonds. The first-order valence-electron chi connectivity index (χ1n) is 6.28. The second kappa shape index (κ2) is 5.69. The second-order valence-electron chi connectivity index (χ2n) is 4.44. The molecule has 1 aliphatic carbocycles. The second-order valence-corrected chi connectivity index (χ2v) is 4.44. The Labute approximate surface area is 111 Å². The predicted octanol–water partition coefficient (Wildman–Crippen LogP) is 2.13. The highest BCUT2D eigenvalue weighted by molar-refractivity contribution is 5.76. The molecule has 1 aliphatic rings. The third-order valence-corrected chi connectivity index (χ3v) is 2.96. The molecule has 6 heteroatoms. The van der Waals surface area contributed by atoms with E-state index in [0.29, 0.717) is 12.3 Å². The number of carbonyl (C=O) groups is 1. The number of esters is 1. The molecule has 0 aliphatic heterocycles. The molecule has 0 saturated heterocycles. The molecule has 0 aromatic heterocycles. The minimum atomic E-state index is -0.432. The quantitative estimate of drug-likeness (QED) is 0.447. The van der Waals surface area contributed by atoms with E-state index in [-0.39, 0.29) is 24.2 Å². The molecule has 0 heterocycles. The molecule has 0 N–H and O–H groups in total. The summed E-state index contributed by atoms with van der Waals surface area (Å²) in [6, 6.07) is 6.64. The van der Waals surface area contributed by atoms with E-state index in [2.05, 4.69) is 0 Å². The van der Waals surface area contributed by atoms with E-state index >= 15 is 0 Å². The lowest BCUT2D eigenvalue weighted by atomic mass is 10.2. The highest BCUT2D eigenvalue weighted by Gasteiger charge is 2.31. The van der Waals surface area contributed by atoms with Crippen LogP contribution in [-0.4, -0.2) is 30.1 Å². The lowest BCUT2D eigenvalue weighted by molar-refractivity contribution is -0.384. The molecule has 0 bridgehead atoms. The van der Waals surface area contributed by atoms with Crippen LogP contribution in [0.25, 0.3) is 0 Å². The number of hydrogen-bond donors (Lipinski definition) is 0. The molecule has 0 unspecified atom stereocenters. The van der Waals surface area contributed by atoms with Crippen LogP contribution < -0.4 is 4.90 Å². The molecule has 1 aromatic rings. The Bertz CT molecular complexity index is 485. The Balaban J connectivity index is 2.16. The zero-order valence-corrected chi connectivity index (χ0v) is 10.7. The van der Waals surface area contributed by atoms with Gasteiger partial charge in [0.25, 0.3) is 5.69 Å². The Morgan fingerprint density at radius 3 is 2.84 bits per heavy atom. The van der Waals surface area contributed by atoms with E-state index in [9.17, 15) is 14.9 Å². The van der Waals surface area contributed by atoms with Crippen molar-refractivity contribution in [3.05, 3.63) is 34.4 Å². The summed E-state index contributed by atoms with van der Waals surface area (Å²) in [6.07, 6.45) is 2.00. The Morgan fingerprint density at radius 2 is 2.26 bits per heavy atom. The van der Waals surface area contributed by atoms with Crippen LogP contribution in [0.4, 0.5) is 11.4 Å². The predicted molar refractivity (Wildman–Crippen MR) is 70.1 cm³/mol. The van der Waals surface area contributed by atoms with Crippen molar-refractivity contribution in [3.8, 4) is 0 Å². The number of ether oxygens (including phenoxy) is 1. The van der Waals surface area contributed by atoms with Gasteiger partial charge < -0.3 is 9.64 Å². The molecule has 1 fully saturated rings. The molecule has 0 atom stereocenters. The molecule has 6 nitrogen and oxygen atoms in total. The van der Waals surface area contributed by atoms with Crippen molar-refractivity contribution < 1.29 is 14.5 Å². The Hall–Kier alpha value is -2.11. The highest BCUT2D eigenvalue weighted by Crippen LogP contribution is 2.32. The number of non-ortho nitro benzene ring substituents is 1. The van der Waals surface area contributed by atoms with Crippen molar-refractivity contribution >= 4 is 17.3 Å². The van der Waals surface area contributed by atoms with Gasteiger partial charge in [-0.15, -0.1) is 0 Å². The minimum Gasteiger partial charge on any atom is -0.465 e. The van der Waals surface area contributed by atoms with Gasteiger partial charge in [-0.2, -0.15) is 0 Å². The van der Waals surface area contributed by atoms with E-state index in [0.717, 1.165) is 12.8 Å². The number of hydrogen-bond acceptors (Lipinski definition) is 5. The number of carbonyl (C=O) groups excluding carboxylic acids is 1. The van der Waals surface area contributed by atoms with Gasteiger partial charge in [-0.1, -0.05) is 6.07 Å². The molecule has 19 heavy (non-hydrogen) atoms. The first kappa shape index (κ1) is 13.3. The lowest BCUT2D eigenvalue weighted by Gasteiger charge is -2.23. The van der Waals surface area contributed by atoms with Gasteiger partial charge in [0.15, 0.2) is 0 Å². The van der Waals surface area contributed by atoms with Gasteiger partial charge >= 0.3 is 5.97 Å². The van der Waals surface area contributed by atoms with E-state index in [1.165, 1.54) is 12.1 Å². The summed E-state index contributed by atoms with van der Waals surface area (Å²) in [7, 11) is 0. The van der Waals surface area contributed by atoms with Gasteiger partial charge in [0, 0.05) is 23.9 Å². The standard InChI is InChI=1S/C13H16N2O4/c1-2-19-13(16)9-14(10-6-7-10)11-4-3-5-12(8-11)15(17)18/h3-5,8,10H,2,6-7,9H2,1H3. The molecule has 0 spiro atoms. The van der Waals surface area contributed by atoms with Crippen LogP contribution in [0.1, 0.15) is 19.8 Å². The average Bonchev–Trinajstić information content (AvgIpc) is 3.20. The first-order chi connectivity index (χ1) is 9.11. The van der Waals surface area contributed by atoms with Crippen LogP contribution in [0.2, 0.25) is 0 Å². The summed E-state index contributed by atoms with van der Waals surface area (Å²) in [5, 5.41) is 10.8. The molecule has 102 valence electrons. The van der Waals surface area contributed by atoms with E-state index < -0.39 is 4.92 Å². The SMILES string of the molecule is CCOC(=O)CN(c1cccc([N+](=O)[O-])c1)C1CC1. The Kier molecular flexibility index (Phi) is 3.99. The lowest BCUT2D eigenvalue weighted by Crippen LogP contribution is -2.32. The largest absolute Gasteiger partial charge is 0.465 e. The summed E-state index contributed by atoms with van der Waals surface area (Å²) in [5.74, 6) is -0.305. The van der Waals surface area contributed by atoms with Crippen molar-refractivity contribution in [3.63, 3.8) is 0 Å². The fourth-order valence-electron chi connectivity index (χ4n) is 1.95. The Morgan fingerprint density at radius 1 is 1.53 bits per heavy atom. The molecule has 0 radical (unpaired) electrons. The fraction of sp³-hybridized carbons (Fsp3) is 0.462. The van der Waals surface area contributed by atoms with Crippen molar-refractivity contribution in [2.24, 2.45) is 0 Å². The molecule has 2 rings (SSSR count). The van der Waals surface area contributed by atoms with E-state index in [4.69, 9.17) is 4.74 Å². The number of rotatable bonds is 6. The van der Waals surface area contributed by atoms with Gasteiger partial charge in [0.1, 0.15) is 6.54 Å². The van der Waals surface area contributed by atoms with Gasteiger partial charge in [-0.05, 0) is 25.8 Å². The van der Waals surface area contributed by atoms with Crippen LogP contribution >= 0.6 is 0 Å². The first-order valence-corrected chi connectivity index (χ1v) is 6.28. The molecule has 1 aromatic carbocycles. The summed E-state index contributed by atoms with van der Waals surface area (Å²) >= 11 is 0. The number of anilines is 1. The third-order valence-electron chi connectivity index (χ3n) is 2.96. The van der Waals surface area contributed by atoms with Gasteiger partial charge in [0.2, 0.25) is 0 Å². The number of nitrogens with zero attached hydrogens (tertiary/aromatic N) is 2. The maximum absolute atomic E-state index is 11.6. The van der Waals surface area contributed by atoms with Crippen molar-refractivity contribution in [2.75, 3.05) is 18.1 Å². The monoisotopic (exact) mass is 264 g/mol. The highest BCUT2D eigenvalue weighted by atomic mass is 16.6. The summed E-state index contributed by atoms with van der Waals surface area (Å²) in [5.41, 5.74) is 0.733. The summed E-state index contributed by atoms with van der Waals surface area (Å²) in [4.78, 5) is 23.8. The van der Waals surface area contributed by atoms with Crippen molar-refractivity contribution in [1.82, 2.24) is 0 Å². The maximum atomic E-state index is 11.6. The number of nitro groups is 1. The molecule has 1 saturated carbocycles. The third kappa shape index (κ3) is 3.43. The van der Waals surface area contributed by atoms with Crippen molar-refractivity contribution in [1.29, 1.82) is 0 Å². The molecular weight excluding hydrogens is 248 g/mol. The van der Waals surface area contributed by atoms with Crippen LogP contribution in [0.15, 0.2) is 24.3 Å².